The van der Waals surface area contributed by atoms with Crippen molar-refractivity contribution in [3.8, 4) is 0 Å². The zero-order valence-corrected chi connectivity index (χ0v) is 14.8. The number of hydrogen-bond donors (Lipinski definition) is 2. The minimum Gasteiger partial charge on any atom is -0.444 e. The average molecular weight is 319 g/mol. The Morgan fingerprint density at radius 2 is 2.13 bits per heavy atom. The predicted octanol–water partition coefficient (Wildman–Crippen LogP) is 3.22. The lowest BCUT2D eigenvalue weighted by molar-refractivity contribution is 0.0523. The van der Waals surface area contributed by atoms with Gasteiger partial charge in [0.25, 0.3) is 0 Å². The van der Waals surface area contributed by atoms with Gasteiger partial charge < -0.3 is 20.3 Å². The van der Waals surface area contributed by atoms with Gasteiger partial charge in [0.05, 0.1) is 0 Å². The number of carbonyl (C=O) groups excluding carboxylic acids is 1. The number of alkyl carbamates (subject to hydrolysis) is 1. The Labute approximate surface area is 139 Å². The number of ether oxygens (including phenoxy) is 1. The number of carbonyl (C=O) groups is 1. The zero-order valence-electron chi connectivity index (χ0n) is 14.8. The molecule has 0 saturated carbocycles. The van der Waals surface area contributed by atoms with Crippen LogP contribution in [-0.2, 0) is 11.3 Å². The van der Waals surface area contributed by atoms with E-state index in [-0.39, 0.29) is 6.09 Å². The van der Waals surface area contributed by atoms with E-state index in [1.807, 2.05) is 32.9 Å². The number of likely N-dealkylation sites (tertiary alicyclic amines) is 1. The monoisotopic (exact) mass is 319 g/mol. The van der Waals surface area contributed by atoms with E-state index in [2.05, 4.69) is 41.6 Å². The first-order valence-electron chi connectivity index (χ1n) is 8.25. The first-order valence-corrected chi connectivity index (χ1v) is 8.25. The van der Waals surface area contributed by atoms with E-state index in [4.69, 9.17) is 4.74 Å². The lowest BCUT2D eigenvalue weighted by Crippen LogP contribution is -2.32. The first kappa shape index (κ1) is 17.6. The highest BCUT2D eigenvalue weighted by Gasteiger charge is 2.25. The van der Waals surface area contributed by atoms with Crippen LogP contribution >= 0.6 is 0 Å². The Kier molecular flexibility index (Phi) is 5.52. The lowest BCUT2D eigenvalue weighted by atomic mass is 10.1. The first-order chi connectivity index (χ1) is 10.7. The molecule has 2 N–H and O–H groups in total. The van der Waals surface area contributed by atoms with Crippen LogP contribution in [0.3, 0.4) is 0 Å². The molecule has 1 aliphatic rings. The van der Waals surface area contributed by atoms with Crippen molar-refractivity contribution in [3.63, 3.8) is 0 Å². The van der Waals surface area contributed by atoms with Crippen LogP contribution in [0, 0.1) is 0 Å². The van der Waals surface area contributed by atoms with Crippen molar-refractivity contribution in [1.82, 2.24) is 10.2 Å². The summed E-state index contributed by atoms with van der Waals surface area (Å²) in [4.78, 5) is 14.1. The smallest absolute Gasteiger partial charge is 0.407 e. The third-order valence-electron chi connectivity index (χ3n) is 4.02. The molecule has 1 aliphatic heterocycles. The Morgan fingerprint density at radius 3 is 2.74 bits per heavy atom. The largest absolute Gasteiger partial charge is 0.444 e. The molecular formula is C18H29N3O2. The van der Waals surface area contributed by atoms with E-state index in [9.17, 15) is 4.79 Å². The van der Waals surface area contributed by atoms with Crippen molar-refractivity contribution in [1.29, 1.82) is 0 Å². The van der Waals surface area contributed by atoms with Gasteiger partial charge in [-0.3, -0.25) is 0 Å². The number of nitrogens with zero attached hydrogens (tertiary/aromatic N) is 1. The molecule has 0 aromatic heterocycles. The lowest BCUT2D eigenvalue weighted by Gasteiger charge is -2.20. The van der Waals surface area contributed by atoms with Gasteiger partial charge in [-0.1, -0.05) is 12.1 Å². The molecule has 0 spiro atoms. The van der Waals surface area contributed by atoms with Gasteiger partial charge in [-0.25, -0.2) is 4.79 Å². The van der Waals surface area contributed by atoms with E-state index >= 15 is 0 Å². The molecule has 1 amide bonds. The van der Waals surface area contributed by atoms with Gasteiger partial charge in [0.1, 0.15) is 5.60 Å². The molecule has 1 heterocycles. The molecule has 0 aliphatic carbocycles. The number of benzene rings is 1. The fourth-order valence-corrected chi connectivity index (χ4v) is 2.79. The summed E-state index contributed by atoms with van der Waals surface area (Å²) in [6, 6.07) is 9.26. The van der Waals surface area contributed by atoms with E-state index < -0.39 is 5.60 Å². The summed E-state index contributed by atoms with van der Waals surface area (Å²) in [6.07, 6.45) is 0.763. The van der Waals surface area contributed by atoms with E-state index in [0.717, 1.165) is 24.2 Å². The molecule has 2 rings (SSSR count). The molecule has 5 heteroatoms. The van der Waals surface area contributed by atoms with Crippen LogP contribution in [0.1, 0.15) is 39.7 Å². The number of likely N-dealkylation sites (N-methyl/N-ethyl adjacent to an activating group) is 1. The van der Waals surface area contributed by atoms with Crippen molar-refractivity contribution in [2.75, 3.05) is 18.9 Å². The zero-order chi connectivity index (χ0) is 17.0. The maximum atomic E-state index is 11.7. The number of hydrogen-bond acceptors (Lipinski definition) is 4. The fourth-order valence-electron chi connectivity index (χ4n) is 2.79. The number of amides is 1. The Hall–Kier alpha value is -1.75. The van der Waals surface area contributed by atoms with Crippen molar-refractivity contribution in [2.24, 2.45) is 0 Å². The standard InChI is InChI=1S/C18H29N3O2/c1-13-9-16(12-21(13)5)20-15-8-6-7-14(10-15)11-19-17(22)23-18(2,3)4/h6-8,10,13,16,20H,9,11-12H2,1-5H3,(H,19,22). The van der Waals surface area contributed by atoms with Crippen LogP contribution in [0.2, 0.25) is 0 Å². The highest BCUT2D eigenvalue weighted by Crippen LogP contribution is 2.20. The molecule has 1 aromatic rings. The second kappa shape index (κ2) is 7.21. The van der Waals surface area contributed by atoms with Gasteiger partial charge in [-0.05, 0) is 58.9 Å². The summed E-state index contributed by atoms with van der Waals surface area (Å²) in [5.41, 5.74) is 1.68. The van der Waals surface area contributed by atoms with Gasteiger partial charge in [-0.15, -0.1) is 0 Å². The topological polar surface area (TPSA) is 53.6 Å². The molecule has 23 heavy (non-hydrogen) atoms. The summed E-state index contributed by atoms with van der Waals surface area (Å²) in [7, 11) is 2.16. The van der Waals surface area contributed by atoms with Crippen molar-refractivity contribution >= 4 is 11.8 Å². The minimum absolute atomic E-state index is 0.387. The van der Waals surface area contributed by atoms with Crippen molar-refractivity contribution in [2.45, 2.75) is 58.3 Å². The van der Waals surface area contributed by atoms with Gasteiger partial charge >= 0.3 is 6.09 Å². The second-order valence-corrected chi connectivity index (χ2v) is 7.42. The van der Waals surface area contributed by atoms with Gasteiger partial charge in [0, 0.05) is 30.9 Å². The van der Waals surface area contributed by atoms with Crippen molar-refractivity contribution in [3.05, 3.63) is 29.8 Å². The van der Waals surface area contributed by atoms with Crippen LogP contribution in [0.15, 0.2) is 24.3 Å². The molecule has 1 saturated heterocycles. The summed E-state index contributed by atoms with van der Waals surface area (Å²) >= 11 is 0. The molecule has 1 fully saturated rings. The van der Waals surface area contributed by atoms with Crippen LogP contribution < -0.4 is 10.6 Å². The van der Waals surface area contributed by atoms with Crippen LogP contribution in [0.4, 0.5) is 10.5 Å². The second-order valence-electron chi connectivity index (χ2n) is 7.42. The number of anilines is 1. The third kappa shape index (κ3) is 5.75. The van der Waals surface area contributed by atoms with E-state index in [0.29, 0.717) is 18.6 Å². The van der Waals surface area contributed by atoms with Crippen LogP contribution in [-0.4, -0.2) is 42.3 Å². The number of nitrogens with one attached hydrogen (secondary N) is 2. The third-order valence-corrected chi connectivity index (χ3v) is 4.02. The maximum Gasteiger partial charge on any atom is 0.407 e. The van der Waals surface area contributed by atoms with Crippen LogP contribution in [0.25, 0.3) is 0 Å². The molecule has 2 atom stereocenters. The summed E-state index contributed by atoms with van der Waals surface area (Å²) in [5, 5.41) is 6.38. The highest BCUT2D eigenvalue weighted by molar-refractivity contribution is 5.67. The van der Waals surface area contributed by atoms with Crippen molar-refractivity contribution < 1.29 is 9.53 Å². The summed E-state index contributed by atoms with van der Waals surface area (Å²) < 4.78 is 5.25. The molecule has 5 nitrogen and oxygen atoms in total. The number of rotatable bonds is 4. The minimum atomic E-state index is -0.474. The predicted molar refractivity (Wildman–Crippen MR) is 93.6 cm³/mol. The molecule has 0 bridgehead atoms. The molecule has 2 unspecified atom stereocenters. The van der Waals surface area contributed by atoms with Gasteiger partial charge in [0.15, 0.2) is 0 Å². The maximum absolute atomic E-state index is 11.7. The Balaban J connectivity index is 1.86. The highest BCUT2D eigenvalue weighted by atomic mass is 16.6. The summed E-state index contributed by atoms with van der Waals surface area (Å²) in [5.74, 6) is 0. The van der Waals surface area contributed by atoms with Gasteiger partial charge in [0.2, 0.25) is 0 Å². The fraction of sp³-hybridized carbons (Fsp3) is 0.611. The molecule has 0 radical (unpaired) electrons. The van der Waals surface area contributed by atoms with E-state index in [1.54, 1.807) is 0 Å². The Morgan fingerprint density at radius 1 is 1.39 bits per heavy atom. The van der Waals surface area contributed by atoms with E-state index in [1.165, 1.54) is 0 Å². The van der Waals surface area contributed by atoms with Gasteiger partial charge in [-0.2, -0.15) is 0 Å². The molecule has 1 aromatic carbocycles. The SMILES string of the molecule is CC1CC(Nc2cccc(CNC(=O)OC(C)(C)C)c2)CN1C. The molecular weight excluding hydrogens is 290 g/mol. The molecule has 128 valence electrons. The quantitative estimate of drug-likeness (QED) is 0.895. The summed E-state index contributed by atoms with van der Waals surface area (Å²) in [6.45, 7) is 9.35. The average Bonchev–Trinajstić information content (AvgIpc) is 2.73. The van der Waals surface area contributed by atoms with Crippen LogP contribution in [0.5, 0.6) is 0 Å². The normalized spacial score (nSPS) is 22.0. The Bertz CT molecular complexity index is 529.